The van der Waals surface area contributed by atoms with Gasteiger partial charge in [0.15, 0.2) is 5.65 Å². The molecule has 1 unspecified atom stereocenters. The third-order valence-corrected chi connectivity index (χ3v) is 14.4. The van der Waals surface area contributed by atoms with E-state index >= 15 is 0 Å². The van der Waals surface area contributed by atoms with Gasteiger partial charge in [0.1, 0.15) is 35.4 Å². The number of carbonyl (C=O) groups is 4. The Hall–Kier alpha value is -7.15. The summed E-state index contributed by atoms with van der Waals surface area (Å²) in [5.74, 6) is -0.0807. The van der Waals surface area contributed by atoms with Crippen LogP contribution < -0.4 is 21.1 Å². The molecule has 9 rings (SSSR count). The SMILES string of the molecule is C=C(CN1C(=O)CCC(N2Cc3cc(CNC(=O)Nc4ccc(C)c(Cl)c4)ccc3C2=O)C1=O)S(=O)(=O)N1CCC[C@@H](n2nc(-c3ccc(Oc4ccccc4)cc3)c3c(N)ncnc32)C1. The number of benzene rings is 4. The Morgan fingerprint density at radius 3 is 2.52 bits per heavy atom. The molecule has 0 saturated carbocycles. The van der Waals surface area contributed by atoms with Crippen LogP contribution in [0.2, 0.25) is 5.02 Å². The number of amides is 5. The summed E-state index contributed by atoms with van der Waals surface area (Å²) in [5.41, 5.74) is 11.3. The summed E-state index contributed by atoms with van der Waals surface area (Å²) in [4.78, 5) is 64.4. The maximum atomic E-state index is 14.2. The summed E-state index contributed by atoms with van der Waals surface area (Å²) < 4.78 is 37.4. The minimum Gasteiger partial charge on any atom is -0.457 e. The Bertz CT molecular complexity index is 3040. The van der Waals surface area contributed by atoms with Crippen molar-refractivity contribution >= 4 is 67.9 Å². The van der Waals surface area contributed by atoms with Gasteiger partial charge in [-0.2, -0.15) is 9.40 Å². The molecule has 6 aromatic rings. The van der Waals surface area contributed by atoms with Gasteiger partial charge in [-0.25, -0.2) is 27.9 Å². The van der Waals surface area contributed by atoms with E-state index in [0.29, 0.717) is 62.9 Å². The van der Waals surface area contributed by atoms with Crippen LogP contribution in [0.25, 0.3) is 22.3 Å². The number of hydrogen-bond donors (Lipinski definition) is 3. The quantitative estimate of drug-likeness (QED) is 0.108. The number of piperidine rings is 2. The second-order valence-corrected chi connectivity index (χ2v) is 18.9. The smallest absolute Gasteiger partial charge is 0.319 e. The molecule has 3 aliphatic heterocycles. The predicted molar refractivity (Wildman–Crippen MR) is 248 cm³/mol. The summed E-state index contributed by atoms with van der Waals surface area (Å²) in [5, 5.41) is 11.5. The summed E-state index contributed by atoms with van der Waals surface area (Å²) in [6.45, 7) is 5.62. The number of urea groups is 1. The maximum absolute atomic E-state index is 14.2. The number of rotatable bonds is 12. The molecular weight excluding hydrogens is 884 g/mol. The summed E-state index contributed by atoms with van der Waals surface area (Å²) in [7, 11) is -4.26. The van der Waals surface area contributed by atoms with Gasteiger partial charge < -0.3 is 26.0 Å². The number of sulfonamides is 1. The van der Waals surface area contributed by atoms with Gasteiger partial charge in [0.05, 0.1) is 22.9 Å². The number of nitrogens with one attached hydrogen (secondary N) is 2. The van der Waals surface area contributed by atoms with E-state index in [9.17, 15) is 27.6 Å². The van der Waals surface area contributed by atoms with Gasteiger partial charge in [-0.1, -0.05) is 54.6 Å². The van der Waals surface area contributed by atoms with Crippen molar-refractivity contribution in [1.29, 1.82) is 0 Å². The number of anilines is 2. The van der Waals surface area contributed by atoms with Crippen LogP contribution in [0.15, 0.2) is 109 Å². The van der Waals surface area contributed by atoms with Crippen LogP contribution in [0.3, 0.4) is 0 Å². The van der Waals surface area contributed by atoms with E-state index in [0.717, 1.165) is 21.6 Å². The molecule has 0 spiro atoms. The van der Waals surface area contributed by atoms with Crippen LogP contribution >= 0.6 is 11.6 Å². The van der Waals surface area contributed by atoms with Crippen LogP contribution in [0, 0.1) is 6.92 Å². The minimum atomic E-state index is -4.26. The largest absolute Gasteiger partial charge is 0.457 e. The molecule has 2 fully saturated rings. The summed E-state index contributed by atoms with van der Waals surface area (Å²) in [6.07, 6.45) is 2.41. The van der Waals surface area contributed by atoms with Crippen molar-refractivity contribution in [1.82, 2.24) is 39.2 Å². The highest BCUT2D eigenvalue weighted by Crippen LogP contribution is 2.36. The zero-order chi connectivity index (χ0) is 46.3. The van der Waals surface area contributed by atoms with Crippen LogP contribution in [0.4, 0.5) is 16.3 Å². The lowest BCUT2D eigenvalue weighted by molar-refractivity contribution is -0.151. The number of carbonyl (C=O) groups excluding carboxylic acids is 4. The average molecular weight is 929 g/mol. The van der Waals surface area contributed by atoms with Gasteiger partial charge in [-0.05, 0) is 97.5 Å². The Labute approximate surface area is 385 Å². The minimum absolute atomic E-state index is 0.0141. The molecule has 4 N–H and O–H groups in total. The average Bonchev–Trinajstić information content (AvgIpc) is 3.87. The fourth-order valence-corrected chi connectivity index (χ4v) is 10.2. The van der Waals surface area contributed by atoms with Crippen LogP contribution in [0.5, 0.6) is 11.5 Å². The topological polar surface area (TPSA) is 215 Å². The second-order valence-electron chi connectivity index (χ2n) is 16.5. The summed E-state index contributed by atoms with van der Waals surface area (Å²) >= 11 is 6.18. The third kappa shape index (κ3) is 8.69. The Kier molecular flexibility index (Phi) is 12.0. The number of imide groups is 1. The number of ether oxygens (including phenoxy) is 1. The van der Waals surface area contributed by atoms with Crippen molar-refractivity contribution in [2.24, 2.45) is 0 Å². The molecule has 0 aliphatic carbocycles. The number of nitrogens with two attached hydrogens (primary N) is 1. The van der Waals surface area contributed by atoms with Crippen molar-refractivity contribution in [3.63, 3.8) is 0 Å². The standard InChI is InChI=1S/C47H45ClN10O7S/c1-28-10-14-33(22-38(28)48)53-47(62)50-23-30-11-17-37-32(21-30)25-56(45(37)60)39-18-19-40(59)57(46(39)61)24-29(2)66(63,64)55-20-6-7-34(26-55)58-44-41(43(49)51-27-52-44)42(54-58)31-12-15-36(16-13-31)65-35-8-4-3-5-9-35/h3-5,8-17,21-22,27,34,39H,2,6-7,18-20,23-26H2,1H3,(H2,49,51,52)(H2,50,53,62)/t34-,39?/m1/s1. The zero-order valence-corrected chi connectivity index (χ0v) is 37.4. The van der Waals surface area contributed by atoms with Crippen molar-refractivity contribution in [3.05, 3.63) is 136 Å². The number of nitrogen functional groups attached to an aromatic ring is 1. The number of likely N-dealkylation sites (tertiary alicyclic amines) is 1. The van der Waals surface area contributed by atoms with Gasteiger partial charge in [0.2, 0.25) is 15.9 Å². The van der Waals surface area contributed by atoms with Crippen molar-refractivity contribution < 1.29 is 32.3 Å². The van der Waals surface area contributed by atoms with Gasteiger partial charge in [-0.3, -0.25) is 19.3 Å². The highest BCUT2D eigenvalue weighted by atomic mass is 35.5. The maximum Gasteiger partial charge on any atom is 0.319 e. The number of halogens is 1. The van der Waals surface area contributed by atoms with E-state index in [4.69, 9.17) is 27.2 Å². The van der Waals surface area contributed by atoms with Gasteiger partial charge >= 0.3 is 6.03 Å². The fourth-order valence-electron chi connectivity index (χ4n) is 8.60. The molecular formula is C47H45ClN10O7S. The van der Waals surface area contributed by atoms with Crippen molar-refractivity contribution in [2.45, 2.75) is 57.8 Å². The molecule has 4 aromatic carbocycles. The van der Waals surface area contributed by atoms with Crippen LogP contribution in [0.1, 0.15) is 58.8 Å². The lowest BCUT2D eigenvalue weighted by Gasteiger charge is -2.37. The zero-order valence-electron chi connectivity index (χ0n) is 35.8. The van der Waals surface area contributed by atoms with E-state index < -0.39 is 46.5 Å². The first-order chi connectivity index (χ1) is 31.7. The molecule has 5 amide bonds. The van der Waals surface area contributed by atoms with E-state index in [1.54, 1.807) is 41.1 Å². The van der Waals surface area contributed by atoms with Crippen molar-refractivity contribution in [2.75, 3.05) is 30.7 Å². The molecule has 2 saturated heterocycles. The molecule has 3 aliphatic rings. The summed E-state index contributed by atoms with van der Waals surface area (Å²) in [6, 6.07) is 25.2. The number of hydrogen-bond acceptors (Lipinski definition) is 11. The Morgan fingerprint density at radius 1 is 0.970 bits per heavy atom. The highest BCUT2D eigenvalue weighted by Gasteiger charge is 2.44. The number of aromatic nitrogens is 4. The first-order valence-electron chi connectivity index (χ1n) is 21.3. The predicted octanol–water partition coefficient (Wildman–Crippen LogP) is 6.81. The Morgan fingerprint density at radius 2 is 1.74 bits per heavy atom. The van der Waals surface area contributed by atoms with E-state index in [-0.39, 0.29) is 55.7 Å². The van der Waals surface area contributed by atoms with Crippen LogP contribution in [-0.2, 0) is 32.7 Å². The molecule has 2 aromatic heterocycles. The van der Waals surface area contributed by atoms with Gasteiger partial charge in [0.25, 0.3) is 11.8 Å². The van der Waals surface area contributed by atoms with Crippen LogP contribution in [-0.4, -0.2) is 91.7 Å². The Balaban J connectivity index is 0.855. The lowest BCUT2D eigenvalue weighted by atomic mass is 10.0. The molecule has 0 radical (unpaired) electrons. The third-order valence-electron chi connectivity index (χ3n) is 12.1. The van der Waals surface area contributed by atoms with Gasteiger partial charge in [-0.15, -0.1) is 0 Å². The normalized spacial score (nSPS) is 17.8. The van der Waals surface area contributed by atoms with E-state index in [1.165, 1.54) is 15.5 Å². The number of fused-ring (bicyclic) bond motifs is 2. The number of para-hydroxylation sites is 1. The number of nitrogens with zero attached hydrogens (tertiary/aromatic N) is 7. The first kappa shape index (κ1) is 44.1. The number of aryl methyl sites for hydroxylation is 1. The molecule has 5 heterocycles. The molecule has 2 atom stereocenters. The molecule has 338 valence electrons. The molecule has 17 nitrogen and oxygen atoms in total. The van der Waals surface area contributed by atoms with E-state index in [1.807, 2.05) is 61.5 Å². The second kappa shape index (κ2) is 18.0. The first-order valence-corrected chi connectivity index (χ1v) is 23.1. The monoisotopic (exact) mass is 928 g/mol. The van der Waals surface area contributed by atoms with E-state index in [2.05, 4.69) is 27.2 Å². The lowest BCUT2D eigenvalue weighted by Crippen LogP contribution is -2.55. The molecule has 66 heavy (non-hydrogen) atoms. The molecule has 0 bridgehead atoms. The van der Waals surface area contributed by atoms with Gasteiger partial charge in [0, 0.05) is 54.4 Å². The fraction of sp³-hybridized carbons (Fsp3) is 0.255. The molecule has 19 heteroatoms. The highest BCUT2D eigenvalue weighted by molar-refractivity contribution is 7.93. The van der Waals surface area contributed by atoms with Crippen molar-refractivity contribution in [3.8, 4) is 22.8 Å².